The molecule has 4 N–H and O–H groups in total. The van der Waals surface area contributed by atoms with Crippen molar-refractivity contribution in [2.45, 2.75) is 32.6 Å². The van der Waals surface area contributed by atoms with Crippen LogP contribution in [0.3, 0.4) is 0 Å². The number of unbranched alkanes of at least 4 members (excludes halogenated alkanes) is 2. The number of hydrogen-bond donors (Lipinski definition) is 4. The SMILES string of the molecule is CCCCCC(=O)O.O=CO.O=CO.O=CO. The van der Waals surface area contributed by atoms with Crippen molar-refractivity contribution in [1.82, 2.24) is 0 Å². The van der Waals surface area contributed by atoms with Crippen molar-refractivity contribution in [2.75, 3.05) is 0 Å². The summed E-state index contributed by atoms with van der Waals surface area (Å²) in [5.74, 6) is -0.682. The fraction of sp³-hybridized carbons (Fsp3) is 0.556. The van der Waals surface area contributed by atoms with Crippen LogP contribution in [0.15, 0.2) is 0 Å². The van der Waals surface area contributed by atoms with Gasteiger partial charge in [-0.3, -0.25) is 19.2 Å². The Morgan fingerprint density at radius 3 is 1.41 bits per heavy atom. The predicted octanol–water partition coefficient (Wildman–Crippen LogP) is 0.754. The first-order valence-electron chi connectivity index (χ1n) is 4.47. The third kappa shape index (κ3) is 236. The Kier molecular flexibility index (Phi) is 52.8. The van der Waals surface area contributed by atoms with Crippen LogP contribution in [0.4, 0.5) is 0 Å². The zero-order valence-corrected chi connectivity index (χ0v) is 9.48. The first-order chi connectivity index (χ1) is 8.01. The van der Waals surface area contributed by atoms with Crippen molar-refractivity contribution in [3.05, 3.63) is 0 Å². The van der Waals surface area contributed by atoms with Crippen molar-refractivity contribution in [3.63, 3.8) is 0 Å². The molecule has 0 heterocycles. The lowest BCUT2D eigenvalue weighted by Crippen LogP contribution is -1.92. The molecule has 0 saturated heterocycles. The van der Waals surface area contributed by atoms with Crippen molar-refractivity contribution in [3.8, 4) is 0 Å². The van der Waals surface area contributed by atoms with Crippen molar-refractivity contribution in [2.24, 2.45) is 0 Å². The summed E-state index contributed by atoms with van der Waals surface area (Å²) in [6, 6.07) is 0. The fourth-order valence-corrected chi connectivity index (χ4v) is 0.526. The van der Waals surface area contributed by atoms with Gasteiger partial charge in [-0.1, -0.05) is 19.8 Å². The summed E-state index contributed by atoms with van der Waals surface area (Å²) in [6.45, 7) is 1.31. The lowest BCUT2D eigenvalue weighted by Gasteiger charge is -1.89. The van der Waals surface area contributed by atoms with Crippen LogP contribution in [0, 0.1) is 0 Å². The van der Waals surface area contributed by atoms with E-state index in [0.717, 1.165) is 19.3 Å². The van der Waals surface area contributed by atoms with Crippen LogP contribution < -0.4 is 0 Å². The van der Waals surface area contributed by atoms with E-state index in [2.05, 4.69) is 6.92 Å². The summed E-state index contributed by atoms with van der Waals surface area (Å²) < 4.78 is 0. The molecule has 0 spiro atoms. The summed E-state index contributed by atoms with van der Waals surface area (Å²) in [5.41, 5.74) is 0. The molecule has 0 bridgehead atoms. The molecule has 0 aliphatic rings. The fourth-order valence-electron chi connectivity index (χ4n) is 0.526. The van der Waals surface area contributed by atoms with Crippen molar-refractivity contribution in [1.29, 1.82) is 0 Å². The minimum atomic E-state index is -0.682. The number of carboxylic acids is 1. The first-order valence-corrected chi connectivity index (χ1v) is 4.47. The molecule has 0 saturated carbocycles. The Morgan fingerprint density at radius 2 is 1.24 bits per heavy atom. The second kappa shape index (κ2) is 37.1. The standard InChI is InChI=1S/C6H12O2.3CH2O2/c1-2-3-4-5-6(7)8;3*2-1-3/h2-5H2,1H3,(H,7,8);3*1H,(H,2,3). The number of rotatable bonds is 4. The molecule has 0 aromatic carbocycles. The van der Waals surface area contributed by atoms with E-state index in [9.17, 15) is 4.79 Å². The van der Waals surface area contributed by atoms with Gasteiger partial charge in [-0.25, -0.2) is 0 Å². The van der Waals surface area contributed by atoms with Gasteiger partial charge in [0.15, 0.2) is 0 Å². The van der Waals surface area contributed by atoms with Gasteiger partial charge in [-0.2, -0.15) is 0 Å². The van der Waals surface area contributed by atoms with Gasteiger partial charge in [0.2, 0.25) is 0 Å². The third-order valence-corrected chi connectivity index (χ3v) is 0.994. The Hall–Kier alpha value is -2.12. The molecule has 102 valence electrons. The monoisotopic (exact) mass is 254 g/mol. The third-order valence-electron chi connectivity index (χ3n) is 0.994. The van der Waals surface area contributed by atoms with Crippen molar-refractivity contribution >= 4 is 25.4 Å². The molecule has 8 heteroatoms. The van der Waals surface area contributed by atoms with Crippen LogP contribution in [0.1, 0.15) is 32.6 Å². The van der Waals surface area contributed by atoms with Crippen LogP contribution >= 0.6 is 0 Å². The molecule has 0 aliphatic carbocycles. The molecule has 0 radical (unpaired) electrons. The van der Waals surface area contributed by atoms with Gasteiger partial charge in [-0.15, -0.1) is 0 Å². The first kappa shape index (κ1) is 24.2. The van der Waals surface area contributed by atoms with Crippen LogP contribution in [0.25, 0.3) is 0 Å². The number of aliphatic carboxylic acids is 1. The molecule has 0 amide bonds. The van der Waals surface area contributed by atoms with Crippen molar-refractivity contribution < 1.29 is 39.6 Å². The molecule has 0 rings (SSSR count). The van der Waals surface area contributed by atoms with Gasteiger partial charge in [0, 0.05) is 6.42 Å². The Balaban J connectivity index is -0.0000000784. The molecule has 17 heavy (non-hydrogen) atoms. The highest BCUT2D eigenvalue weighted by atomic mass is 16.4. The zero-order chi connectivity index (χ0) is 14.5. The minimum Gasteiger partial charge on any atom is -0.483 e. The summed E-state index contributed by atoms with van der Waals surface area (Å²) in [5, 5.41) is 28.8. The highest BCUT2D eigenvalue weighted by Crippen LogP contribution is 1.97. The molecule has 8 nitrogen and oxygen atoms in total. The summed E-state index contributed by atoms with van der Waals surface area (Å²) in [6.07, 6.45) is 3.28. The minimum absolute atomic E-state index is 0.250. The van der Waals surface area contributed by atoms with E-state index < -0.39 is 5.97 Å². The zero-order valence-electron chi connectivity index (χ0n) is 9.48. The Morgan fingerprint density at radius 1 is 0.941 bits per heavy atom. The van der Waals surface area contributed by atoms with Gasteiger partial charge >= 0.3 is 5.97 Å². The highest BCUT2D eigenvalue weighted by molar-refractivity contribution is 5.66. The quantitative estimate of drug-likeness (QED) is 0.424. The molecular formula is C9H18O8. The molecule has 0 atom stereocenters. The lowest BCUT2D eigenvalue weighted by molar-refractivity contribution is -0.137. The van der Waals surface area contributed by atoms with Gasteiger partial charge in [-0.05, 0) is 6.42 Å². The Bertz CT molecular complexity index is 154. The number of carboxylic acid groups (broad SMARTS) is 4. The average Bonchev–Trinajstić information content (AvgIpc) is 2.21. The van der Waals surface area contributed by atoms with Crippen LogP contribution in [-0.4, -0.2) is 45.8 Å². The maximum atomic E-state index is 9.87. The number of carbonyl (C=O) groups is 4. The largest absolute Gasteiger partial charge is 0.483 e. The van der Waals surface area contributed by atoms with Gasteiger partial charge in [0.25, 0.3) is 19.4 Å². The summed E-state index contributed by atoms with van der Waals surface area (Å²) in [4.78, 5) is 35.0. The second-order valence-corrected chi connectivity index (χ2v) is 2.17. The van der Waals surface area contributed by atoms with Crippen LogP contribution in [0.2, 0.25) is 0 Å². The molecule has 0 unspecified atom stereocenters. The molecule has 0 aromatic heterocycles. The molecule has 0 fully saturated rings. The van der Waals surface area contributed by atoms with E-state index in [1.54, 1.807) is 0 Å². The van der Waals surface area contributed by atoms with E-state index in [-0.39, 0.29) is 19.4 Å². The average molecular weight is 254 g/mol. The molecular weight excluding hydrogens is 236 g/mol. The summed E-state index contributed by atoms with van der Waals surface area (Å²) in [7, 11) is 0. The van der Waals surface area contributed by atoms with E-state index >= 15 is 0 Å². The highest BCUT2D eigenvalue weighted by Gasteiger charge is 1.92. The molecule has 0 aliphatic heterocycles. The normalized spacial score (nSPS) is 6.41. The Labute approximate surface area is 98.5 Å². The van der Waals surface area contributed by atoms with Gasteiger partial charge < -0.3 is 20.4 Å². The van der Waals surface area contributed by atoms with E-state index in [1.807, 2.05) is 0 Å². The molecule has 0 aromatic rings. The van der Waals surface area contributed by atoms with E-state index in [4.69, 9.17) is 34.8 Å². The van der Waals surface area contributed by atoms with E-state index in [0.29, 0.717) is 6.42 Å². The smallest absolute Gasteiger partial charge is 0.303 e. The van der Waals surface area contributed by atoms with E-state index in [1.165, 1.54) is 0 Å². The van der Waals surface area contributed by atoms with Gasteiger partial charge in [0.1, 0.15) is 0 Å². The maximum absolute atomic E-state index is 9.87. The van der Waals surface area contributed by atoms with Crippen LogP contribution in [-0.2, 0) is 19.2 Å². The predicted molar refractivity (Wildman–Crippen MR) is 57.9 cm³/mol. The number of hydrogen-bond acceptors (Lipinski definition) is 4. The second-order valence-electron chi connectivity index (χ2n) is 2.17. The summed E-state index contributed by atoms with van der Waals surface area (Å²) >= 11 is 0. The van der Waals surface area contributed by atoms with Gasteiger partial charge in [0.05, 0.1) is 0 Å². The van der Waals surface area contributed by atoms with Crippen LogP contribution in [0.5, 0.6) is 0 Å². The lowest BCUT2D eigenvalue weighted by atomic mass is 10.2. The maximum Gasteiger partial charge on any atom is 0.303 e. The topological polar surface area (TPSA) is 149 Å².